The monoisotopic (exact) mass is 236 g/mol. The normalized spacial score (nSPS) is 10.4. The van der Waals surface area contributed by atoms with Crippen molar-refractivity contribution in [3.05, 3.63) is 11.9 Å². The second kappa shape index (κ2) is 7.09. The summed E-state index contributed by atoms with van der Waals surface area (Å²) in [6.07, 6.45) is 3.89. The van der Waals surface area contributed by atoms with Crippen LogP contribution in [0.3, 0.4) is 0 Å². The van der Waals surface area contributed by atoms with Crippen LogP contribution >= 0.6 is 0 Å². The van der Waals surface area contributed by atoms with Gasteiger partial charge < -0.3 is 10.2 Å². The lowest BCUT2D eigenvalue weighted by Gasteiger charge is -2.23. The molecule has 0 unspecified atom stereocenters. The standard InChI is InChI=1S/C13H24N4/c1-5-8-14-12-11(4)13(16-10-15-12)17(7-3)9-6-2/h10H,5-9H2,1-4H3,(H,14,15,16). The Morgan fingerprint density at radius 3 is 2.53 bits per heavy atom. The highest BCUT2D eigenvalue weighted by molar-refractivity contribution is 5.57. The molecule has 4 heteroatoms. The van der Waals surface area contributed by atoms with Gasteiger partial charge in [0, 0.05) is 25.2 Å². The number of anilines is 2. The number of hydrogen-bond donors (Lipinski definition) is 1. The largest absolute Gasteiger partial charge is 0.370 e. The summed E-state index contributed by atoms with van der Waals surface area (Å²) >= 11 is 0. The van der Waals surface area contributed by atoms with E-state index in [2.05, 4.69) is 47.9 Å². The fourth-order valence-electron chi connectivity index (χ4n) is 1.86. The maximum atomic E-state index is 4.41. The molecular weight excluding hydrogens is 212 g/mol. The molecule has 4 nitrogen and oxygen atoms in total. The van der Waals surface area contributed by atoms with Crippen LogP contribution in [0.5, 0.6) is 0 Å². The lowest BCUT2D eigenvalue weighted by molar-refractivity contribution is 0.772. The van der Waals surface area contributed by atoms with Gasteiger partial charge in [-0.2, -0.15) is 0 Å². The van der Waals surface area contributed by atoms with E-state index in [1.807, 2.05) is 0 Å². The van der Waals surface area contributed by atoms with Crippen molar-refractivity contribution in [2.75, 3.05) is 29.9 Å². The molecule has 0 saturated heterocycles. The summed E-state index contributed by atoms with van der Waals surface area (Å²) in [5.41, 5.74) is 1.15. The topological polar surface area (TPSA) is 41.1 Å². The molecule has 0 aromatic carbocycles. The van der Waals surface area contributed by atoms with Crippen LogP contribution in [0, 0.1) is 6.92 Å². The van der Waals surface area contributed by atoms with Crippen molar-refractivity contribution < 1.29 is 0 Å². The van der Waals surface area contributed by atoms with Crippen LogP contribution in [-0.4, -0.2) is 29.6 Å². The van der Waals surface area contributed by atoms with Crippen LogP contribution in [0.4, 0.5) is 11.6 Å². The smallest absolute Gasteiger partial charge is 0.137 e. The Balaban J connectivity index is 2.91. The van der Waals surface area contributed by atoms with E-state index in [0.717, 1.165) is 49.7 Å². The number of hydrogen-bond acceptors (Lipinski definition) is 4. The van der Waals surface area contributed by atoms with Gasteiger partial charge in [-0.1, -0.05) is 13.8 Å². The molecule has 1 aromatic rings. The summed E-state index contributed by atoms with van der Waals surface area (Å²) in [4.78, 5) is 11.0. The zero-order valence-corrected chi connectivity index (χ0v) is 11.5. The Labute approximate surface area is 104 Å². The van der Waals surface area contributed by atoms with Gasteiger partial charge in [0.25, 0.3) is 0 Å². The Morgan fingerprint density at radius 2 is 1.94 bits per heavy atom. The molecule has 1 aromatic heterocycles. The van der Waals surface area contributed by atoms with E-state index in [1.165, 1.54) is 0 Å². The first-order valence-corrected chi connectivity index (χ1v) is 6.54. The van der Waals surface area contributed by atoms with Gasteiger partial charge in [0.05, 0.1) is 0 Å². The third-order valence-electron chi connectivity index (χ3n) is 2.77. The molecule has 0 aliphatic carbocycles. The third kappa shape index (κ3) is 3.58. The molecule has 1 N–H and O–H groups in total. The molecule has 0 radical (unpaired) electrons. The van der Waals surface area contributed by atoms with E-state index >= 15 is 0 Å². The molecule has 0 amide bonds. The second-order valence-electron chi connectivity index (χ2n) is 4.18. The Morgan fingerprint density at radius 1 is 1.18 bits per heavy atom. The van der Waals surface area contributed by atoms with Crippen LogP contribution < -0.4 is 10.2 Å². The summed E-state index contributed by atoms with van der Waals surface area (Å²) in [6, 6.07) is 0. The van der Waals surface area contributed by atoms with Crippen molar-refractivity contribution in [2.24, 2.45) is 0 Å². The van der Waals surface area contributed by atoms with Crippen molar-refractivity contribution in [1.29, 1.82) is 0 Å². The first kappa shape index (κ1) is 13.7. The molecule has 17 heavy (non-hydrogen) atoms. The summed E-state index contributed by atoms with van der Waals surface area (Å²) in [5.74, 6) is 2.02. The van der Waals surface area contributed by atoms with Crippen molar-refractivity contribution >= 4 is 11.6 Å². The Hall–Kier alpha value is -1.32. The zero-order chi connectivity index (χ0) is 12.7. The maximum absolute atomic E-state index is 4.41. The van der Waals surface area contributed by atoms with Gasteiger partial charge in [0.2, 0.25) is 0 Å². The van der Waals surface area contributed by atoms with Gasteiger partial charge in [-0.3, -0.25) is 0 Å². The van der Waals surface area contributed by atoms with E-state index in [0.29, 0.717) is 0 Å². The first-order valence-electron chi connectivity index (χ1n) is 6.54. The van der Waals surface area contributed by atoms with Crippen molar-refractivity contribution in [1.82, 2.24) is 9.97 Å². The van der Waals surface area contributed by atoms with Gasteiger partial charge in [0.1, 0.15) is 18.0 Å². The average Bonchev–Trinajstić information content (AvgIpc) is 2.35. The Kier molecular flexibility index (Phi) is 5.73. The molecule has 96 valence electrons. The minimum Gasteiger partial charge on any atom is -0.370 e. The van der Waals surface area contributed by atoms with Gasteiger partial charge in [-0.05, 0) is 26.7 Å². The summed E-state index contributed by atoms with van der Waals surface area (Å²) in [5, 5.41) is 3.35. The van der Waals surface area contributed by atoms with Crippen LogP contribution in [0.15, 0.2) is 6.33 Å². The minimum absolute atomic E-state index is 0.956. The number of nitrogens with one attached hydrogen (secondary N) is 1. The molecule has 0 spiro atoms. The van der Waals surface area contributed by atoms with Crippen LogP contribution in [0.2, 0.25) is 0 Å². The number of aromatic nitrogens is 2. The average molecular weight is 236 g/mol. The molecule has 0 aliphatic heterocycles. The van der Waals surface area contributed by atoms with Crippen LogP contribution in [0.25, 0.3) is 0 Å². The van der Waals surface area contributed by atoms with Crippen molar-refractivity contribution in [3.8, 4) is 0 Å². The predicted octanol–water partition coefficient (Wildman–Crippen LogP) is 2.84. The quantitative estimate of drug-likeness (QED) is 0.790. The van der Waals surface area contributed by atoms with E-state index in [4.69, 9.17) is 0 Å². The maximum Gasteiger partial charge on any atom is 0.137 e. The molecular formula is C13H24N4. The summed E-state index contributed by atoms with van der Waals surface area (Å²) in [7, 11) is 0. The highest BCUT2D eigenvalue weighted by Crippen LogP contribution is 2.22. The number of rotatable bonds is 7. The van der Waals surface area contributed by atoms with Crippen LogP contribution in [-0.2, 0) is 0 Å². The molecule has 0 bridgehead atoms. The lowest BCUT2D eigenvalue weighted by Crippen LogP contribution is -2.26. The minimum atomic E-state index is 0.956. The highest BCUT2D eigenvalue weighted by atomic mass is 15.2. The number of nitrogens with zero attached hydrogens (tertiary/aromatic N) is 3. The Bertz CT molecular complexity index is 338. The summed E-state index contributed by atoms with van der Waals surface area (Å²) in [6.45, 7) is 11.6. The van der Waals surface area contributed by atoms with Gasteiger partial charge in [-0.15, -0.1) is 0 Å². The van der Waals surface area contributed by atoms with E-state index in [9.17, 15) is 0 Å². The highest BCUT2D eigenvalue weighted by Gasteiger charge is 2.11. The molecule has 0 atom stereocenters. The first-order chi connectivity index (χ1) is 8.24. The second-order valence-corrected chi connectivity index (χ2v) is 4.18. The molecule has 0 aliphatic rings. The third-order valence-corrected chi connectivity index (χ3v) is 2.77. The molecule has 1 rings (SSSR count). The fraction of sp³-hybridized carbons (Fsp3) is 0.692. The molecule has 1 heterocycles. The van der Waals surface area contributed by atoms with Crippen LogP contribution in [0.1, 0.15) is 39.2 Å². The summed E-state index contributed by atoms with van der Waals surface area (Å²) < 4.78 is 0. The van der Waals surface area contributed by atoms with Gasteiger partial charge in [0.15, 0.2) is 0 Å². The fourth-order valence-corrected chi connectivity index (χ4v) is 1.86. The van der Waals surface area contributed by atoms with E-state index < -0.39 is 0 Å². The van der Waals surface area contributed by atoms with Crippen molar-refractivity contribution in [2.45, 2.75) is 40.5 Å². The van der Waals surface area contributed by atoms with Gasteiger partial charge >= 0.3 is 0 Å². The van der Waals surface area contributed by atoms with E-state index in [1.54, 1.807) is 6.33 Å². The van der Waals surface area contributed by atoms with Crippen molar-refractivity contribution in [3.63, 3.8) is 0 Å². The molecule has 0 saturated carbocycles. The predicted molar refractivity (Wildman–Crippen MR) is 73.7 cm³/mol. The zero-order valence-electron chi connectivity index (χ0n) is 11.5. The molecule has 0 fully saturated rings. The lowest BCUT2D eigenvalue weighted by atomic mass is 10.2. The van der Waals surface area contributed by atoms with E-state index in [-0.39, 0.29) is 0 Å². The SMILES string of the molecule is CCCNc1ncnc(N(CC)CCC)c1C. The van der Waals surface area contributed by atoms with Gasteiger partial charge in [-0.25, -0.2) is 9.97 Å².